The van der Waals surface area contributed by atoms with E-state index in [1.165, 1.54) is 0 Å². The van der Waals surface area contributed by atoms with Crippen molar-refractivity contribution in [2.45, 2.75) is 6.92 Å². The lowest BCUT2D eigenvalue weighted by Crippen LogP contribution is -2.06. The fraction of sp³-hybridized carbons (Fsp3) is 0.167. The fourth-order valence-corrected chi connectivity index (χ4v) is 3.85. The van der Waals surface area contributed by atoms with Crippen LogP contribution >= 0.6 is 33.9 Å². The molecule has 3 aromatic rings. The summed E-state index contributed by atoms with van der Waals surface area (Å²) >= 11 is 3.76. The highest BCUT2D eigenvalue weighted by Crippen LogP contribution is 2.33. The van der Waals surface area contributed by atoms with E-state index >= 15 is 0 Å². The van der Waals surface area contributed by atoms with Crippen molar-refractivity contribution in [2.75, 3.05) is 6.61 Å². The van der Waals surface area contributed by atoms with Crippen LogP contribution in [0.25, 0.3) is 21.1 Å². The molecule has 18 heavy (non-hydrogen) atoms. The Morgan fingerprint density at radius 3 is 3.17 bits per heavy atom. The van der Waals surface area contributed by atoms with E-state index in [-0.39, 0.29) is 5.97 Å². The number of hydrogen-bond donors (Lipinski definition) is 1. The minimum absolute atomic E-state index is 0.309. The van der Waals surface area contributed by atoms with E-state index in [9.17, 15) is 4.79 Å². The van der Waals surface area contributed by atoms with Gasteiger partial charge in [-0.15, -0.1) is 11.3 Å². The van der Waals surface area contributed by atoms with Gasteiger partial charge in [0.2, 0.25) is 0 Å². The maximum absolute atomic E-state index is 11.8. The van der Waals surface area contributed by atoms with Crippen LogP contribution in [0.5, 0.6) is 0 Å². The van der Waals surface area contributed by atoms with Crippen molar-refractivity contribution in [1.29, 1.82) is 0 Å². The Hall–Kier alpha value is -1.15. The van der Waals surface area contributed by atoms with Crippen LogP contribution in [-0.4, -0.2) is 22.5 Å². The monoisotopic (exact) mass is 372 g/mol. The Balaban J connectivity index is 2.30. The van der Waals surface area contributed by atoms with Gasteiger partial charge < -0.3 is 9.72 Å². The zero-order chi connectivity index (χ0) is 12.7. The molecule has 1 N–H and O–H groups in total. The maximum atomic E-state index is 11.8. The lowest BCUT2D eigenvalue weighted by Gasteiger charge is -1.98. The standard InChI is InChI=1S/C12H9IN2O2S/c1-2-17-12(16)10-9(13)8-6(15-10)3-4-7-11(8)18-5-14-7/h3-5,15H,2H2,1H3. The van der Waals surface area contributed by atoms with Gasteiger partial charge in [0.25, 0.3) is 0 Å². The normalized spacial score (nSPS) is 11.2. The number of halogens is 1. The molecule has 2 heterocycles. The molecule has 4 nitrogen and oxygen atoms in total. The highest BCUT2D eigenvalue weighted by molar-refractivity contribution is 14.1. The molecular weight excluding hydrogens is 363 g/mol. The Morgan fingerprint density at radius 2 is 2.39 bits per heavy atom. The van der Waals surface area contributed by atoms with Crippen molar-refractivity contribution in [3.05, 3.63) is 26.9 Å². The Kier molecular flexibility index (Phi) is 2.98. The highest BCUT2D eigenvalue weighted by Gasteiger charge is 2.19. The fourth-order valence-electron chi connectivity index (χ4n) is 1.91. The van der Waals surface area contributed by atoms with Crippen LogP contribution in [0.2, 0.25) is 0 Å². The predicted octanol–water partition coefficient (Wildman–Crippen LogP) is 3.56. The van der Waals surface area contributed by atoms with Crippen molar-refractivity contribution in [2.24, 2.45) is 0 Å². The van der Waals surface area contributed by atoms with Crippen LogP contribution in [0.3, 0.4) is 0 Å². The van der Waals surface area contributed by atoms with Crippen molar-refractivity contribution >= 4 is 61.0 Å². The molecule has 6 heteroatoms. The number of fused-ring (bicyclic) bond motifs is 3. The summed E-state index contributed by atoms with van der Waals surface area (Å²) in [6, 6.07) is 3.90. The van der Waals surface area contributed by atoms with Crippen LogP contribution < -0.4 is 0 Å². The number of benzene rings is 1. The zero-order valence-corrected chi connectivity index (χ0v) is 12.5. The topological polar surface area (TPSA) is 55.0 Å². The van der Waals surface area contributed by atoms with E-state index in [1.807, 2.05) is 17.6 Å². The molecule has 0 bridgehead atoms. The van der Waals surface area contributed by atoms with Crippen molar-refractivity contribution < 1.29 is 9.53 Å². The van der Waals surface area contributed by atoms with E-state index in [4.69, 9.17) is 4.74 Å². The lowest BCUT2D eigenvalue weighted by molar-refractivity contribution is 0.0519. The minimum Gasteiger partial charge on any atom is -0.461 e. The SMILES string of the molecule is CCOC(=O)c1[nH]c2ccc3ncsc3c2c1I. The van der Waals surface area contributed by atoms with Crippen molar-refractivity contribution in [3.8, 4) is 0 Å². The Labute approximate surface area is 120 Å². The first-order valence-corrected chi connectivity index (χ1v) is 7.38. The number of rotatable bonds is 2. The third kappa shape index (κ3) is 1.71. The van der Waals surface area contributed by atoms with Gasteiger partial charge in [-0.3, -0.25) is 0 Å². The molecule has 0 atom stereocenters. The lowest BCUT2D eigenvalue weighted by atomic mass is 10.2. The first-order valence-electron chi connectivity index (χ1n) is 5.43. The first-order chi connectivity index (χ1) is 8.72. The van der Waals surface area contributed by atoms with E-state index < -0.39 is 0 Å². The zero-order valence-electron chi connectivity index (χ0n) is 9.49. The second-order valence-corrected chi connectivity index (χ2v) is 5.66. The van der Waals surface area contributed by atoms with Gasteiger partial charge in [0.1, 0.15) is 5.69 Å². The number of thiazole rings is 1. The van der Waals surface area contributed by atoms with Crippen LogP contribution in [0.15, 0.2) is 17.6 Å². The van der Waals surface area contributed by atoms with E-state index in [0.717, 1.165) is 24.7 Å². The number of hydrogen-bond acceptors (Lipinski definition) is 4. The molecular formula is C12H9IN2O2S. The molecule has 0 aliphatic carbocycles. The first kappa shape index (κ1) is 11.9. The third-order valence-electron chi connectivity index (χ3n) is 2.68. The molecule has 2 aromatic heterocycles. The van der Waals surface area contributed by atoms with Crippen molar-refractivity contribution in [1.82, 2.24) is 9.97 Å². The van der Waals surface area contributed by atoms with Crippen LogP contribution in [0, 0.1) is 3.57 Å². The molecule has 3 rings (SSSR count). The molecule has 1 aromatic carbocycles. The molecule has 0 unspecified atom stereocenters. The number of aromatic amines is 1. The number of esters is 1. The summed E-state index contributed by atoms with van der Waals surface area (Å²) in [6.45, 7) is 2.18. The maximum Gasteiger partial charge on any atom is 0.355 e. The molecule has 0 saturated carbocycles. The van der Waals surface area contributed by atoms with Crippen LogP contribution in [0.4, 0.5) is 0 Å². The Morgan fingerprint density at radius 1 is 1.56 bits per heavy atom. The number of carbonyl (C=O) groups excluding carboxylic acids is 1. The number of nitrogens with zero attached hydrogens (tertiary/aromatic N) is 1. The van der Waals surface area contributed by atoms with E-state index in [0.29, 0.717) is 12.3 Å². The average molecular weight is 372 g/mol. The van der Waals surface area contributed by atoms with Gasteiger partial charge in [-0.1, -0.05) is 0 Å². The molecule has 0 amide bonds. The van der Waals surface area contributed by atoms with Gasteiger partial charge in [-0.25, -0.2) is 9.78 Å². The van der Waals surface area contributed by atoms with Gasteiger partial charge in [-0.05, 0) is 41.6 Å². The molecule has 0 radical (unpaired) electrons. The average Bonchev–Trinajstić information content (AvgIpc) is 2.93. The number of aromatic nitrogens is 2. The number of H-pyrrole nitrogens is 1. The smallest absolute Gasteiger partial charge is 0.355 e. The number of carbonyl (C=O) groups is 1. The largest absolute Gasteiger partial charge is 0.461 e. The second-order valence-electron chi connectivity index (χ2n) is 3.72. The van der Waals surface area contributed by atoms with Gasteiger partial charge >= 0.3 is 5.97 Å². The quantitative estimate of drug-likeness (QED) is 0.553. The summed E-state index contributed by atoms with van der Waals surface area (Å²) in [4.78, 5) is 19.3. The van der Waals surface area contributed by atoms with Gasteiger partial charge in [0.15, 0.2) is 0 Å². The Bertz CT molecular complexity index is 747. The molecule has 0 aliphatic rings. The summed E-state index contributed by atoms with van der Waals surface area (Å²) in [5, 5.41) is 1.05. The van der Waals surface area contributed by atoms with Crippen molar-refractivity contribution in [3.63, 3.8) is 0 Å². The summed E-state index contributed by atoms with van der Waals surface area (Å²) in [7, 11) is 0. The van der Waals surface area contributed by atoms with Crippen LogP contribution in [0.1, 0.15) is 17.4 Å². The minimum atomic E-state index is -0.309. The summed E-state index contributed by atoms with van der Waals surface area (Å²) in [5.74, 6) is -0.309. The second kappa shape index (κ2) is 4.51. The highest BCUT2D eigenvalue weighted by atomic mass is 127. The van der Waals surface area contributed by atoms with Crippen LogP contribution in [-0.2, 0) is 4.74 Å². The van der Waals surface area contributed by atoms with Gasteiger partial charge in [0.05, 0.1) is 25.9 Å². The summed E-state index contributed by atoms with van der Waals surface area (Å²) in [6.07, 6.45) is 0. The van der Waals surface area contributed by atoms with E-state index in [1.54, 1.807) is 18.3 Å². The predicted molar refractivity (Wildman–Crippen MR) is 80.2 cm³/mol. The molecule has 0 saturated heterocycles. The van der Waals surface area contributed by atoms with Gasteiger partial charge in [-0.2, -0.15) is 0 Å². The van der Waals surface area contributed by atoms with Gasteiger partial charge in [0, 0.05) is 10.9 Å². The molecule has 0 spiro atoms. The number of nitrogens with one attached hydrogen (secondary N) is 1. The molecule has 0 fully saturated rings. The summed E-state index contributed by atoms with van der Waals surface area (Å²) < 4.78 is 7.04. The van der Waals surface area contributed by atoms with E-state index in [2.05, 4.69) is 32.6 Å². The third-order valence-corrected chi connectivity index (χ3v) is 4.62. The number of ether oxygens (including phenoxy) is 1. The molecule has 92 valence electrons. The summed E-state index contributed by atoms with van der Waals surface area (Å²) in [5.41, 5.74) is 4.24. The molecule has 0 aliphatic heterocycles.